The van der Waals surface area contributed by atoms with Crippen LogP contribution < -0.4 is 10.9 Å². The average Bonchev–Trinajstić information content (AvgIpc) is 2.59. The third-order valence-electron chi connectivity index (χ3n) is 4.13. The van der Waals surface area contributed by atoms with Gasteiger partial charge in [-0.25, -0.2) is 8.42 Å². The fraction of sp³-hybridized carbons (Fsp3) is 0.368. The Balaban J connectivity index is 2.47. The maximum Gasteiger partial charge on any atom is 0.270 e. The number of benzene rings is 1. The quantitative estimate of drug-likeness (QED) is 0.751. The van der Waals surface area contributed by atoms with E-state index in [-0.39, 0.29) is 22.2 Å². The highest BCUT2D eigenvalue weighted by atomic mass is 32.2. The lowest BCUT2D eigenvalue weighted by atomic mass is 10.2. The van der Waals surface area contributed by atoms with E-state index in [4.69, 9.17) is 0 Å². The minimum Gasteiger partial charge on any atom is -0.355 e. The van der Waals surface area contributed by atoms with E-state index in [0.29, 0.717) is 17.8 Å². The van der Waals surface area contributed by atoms with Crippen molar-refractivity contribution in [3.8, 4) is 0 Å². The van der Waals surface area contributed by atoms with Crippen LogP contribution in [-0.2, 0) is 21.2 Å². The van der Waals surface area contributed by atoms with Crippen LogP contribution >= 0.6 is 0 Å². The first-order valence-corrected chi connectivity index (χ1v) is 10.0. The Morgan fingerprint density at radius 3 is 2.42 bits per heavy atom. The number of sulfone groups is 1. The maximum atomic E-state index is 12.9. The van der Waals surface area contributed by atoms with Crippen LogP contribution in [0.3, 0.4) is 0 Å². The number of carbonyl (C=O) groups excluding carboxylic acids is 1. The van der Waals surface area contributed by atoms with Crippen molar-refractivity contribution in [2.45, 2.75) is 49.9 Å². The number of rotatable bonds is 7. The number of aryl methyl sites for hydroxylation is 2. The maximum absolute atomic E-state index is 12.9. The Kier molecular flexibility index (Phi) is 6.37. The second kappa shape index (κ2) is 8.31. The molecule has 0 bridgehead atoms. The summed E-state index contributed by atoms with van der Waals surface area (Å²) in [5.74, 6) is -0.310. The molecule has 0 radical (unpaired) electrons. The molecular weight excluding hydrogens is 352 g/mol. The molecule has 0 aliphatic carbocycles. The molecule has 1 heterocycles. The third kappa shape index (κ3) is 4.22. The molecule has 0 aliphatic rings. The summed E-state index contributed by atoms with van der Waals surface area (Å²) >= 11 is 0. The van der Waals surface area contributed by atoms with Crippen molar-refractivity contribution < 1.29 is 13.2 Å². The van der Waals surface area contributed by atoms with Gasteiger partial charge in [0, 0.05) is 12.2 Å². The van der Waals surface area contributed by atoms with Gasteiger partial charge in [-0.1, -0.05) is 31.5 Å². The Bertz CT molecular complexity index is 947. The van der Waals surface area contributed by atoms with Crippen molar-refractivity contribution in [3.05, 3.63) is 58.0 Å². The van der Waals surface area contributed by atoms with Crippen LogP contribution in [0.1, 0.15) is 31.0 Å². The Morgan fingerprint density at radius 2 is 1.81 bits per heavy atom. The molecule has 0 fully saturated rings. The van der Waals surface area contributed by atoms with Gasteiger partial charge in [-0.15, -0.1) is 0 Å². The van der Waals surface area contributed by atoms with Crippen molar-refractivity contribution in [2.75, 3.05) is 6.54 Å². The molecule has 26 heavy (non-hydrogen) atoms. The van der Waals surface area contributed by atoms with E-state index in [1.165, 1.54) is 16.7 Å². The van der Waals surface area contributed by atoms with E-state index in [1.54, 1.807) is 38.1 Å². The summed E-state index contributed by atoms with van der Waals surface area (Å²) in [6.07, 6.45) is 1.80. The van der Waals surface area contributed by atoms with Gasteiger partial charge in [0.1, 0.15) is 11.4 Å². The largest absolute Gasteiger partial charge is 0.355 e. The lowest BCUT2D eigenvalue weighted by Crippen LogP contribution is -2.36. The smallest absolute Gasteiger partial charge is 0.270 e. The van der Waals surface area contributed by atoms with Crippen LogP contribution in [-0.4, -0.2) is 25.4 Å². The van der Waals surface area contributed by atoms with Gasteiger partial charge in [-0.2, -0.15) is 0 Å². The number of amides is 1. The lowest BCUT2D eigenvalue weighted by Gasteiger charge is -2.15. The molecule has 0 saturated carbocycles. The summed E-state index contributed by atoms with van der Waals surface area (Å²) < 4.78 is 27.1. The summed E-state index contributed by atoms with van der Waals surface area (Å²) in [5, 5.41) is 2.74. The van der Waals surface area contributed by atoms with Gasteiger partial charge >= 0.3 is 0 Å². The van der Waals surface area contributed by atoms with E-state index in [0.717, 1.165) is 12.8 Å². The zero-order valence-electron chi connectivity index (χ0n) is 15.3. The summed E-state index contributed by atoms with van der Waals surface area (Å²) in [4.78, 5) is 24.8. The minimum atomic E-state index is -3.96. The van der Waals surface area contributed by atoms with Crippen molar-refractivity contribution in [1.82, 2.24) is 9.88 Å². The monoisotopic (exact) mass is 376 g/mol. The Hall–Kier alpha value is -2.41. The number of pyridine rings is 1. The molecule has 6 nitrogen and oxygen atoms in total. The normalized spacial score (nSPS) is 11.3. The van der Waals surface area contributed by atoms with Gasteiger partial charge < -0.3 is 9.88 Å². The van der Waals surface area contributed by atoms with Crippen LogP contribution in [0.2, 0.25) is 0 Å². The SMILES string of the molecule is CCCCNC(=O)Cn1c(C)cc(C)c(S(=O)(=O)c2ccccc2)c1=O. The van der Waals surface area contributed by atoms with Crippen LogP contribution in [0.15, 0.2) is 51.0 Å². The third-order valence-corrected chi connectivity index (χ3v) is 6.05. The average molecular weight is 376 g/mol. The highest BCUT2D eigenvalue weighted by Gasteiger charge is 2.26. The number of hydrogen-bond acceptors (Lipinski definition) is 4. The molecule has 140 valence electrons. The molecule has 1 N–H and O–H groups in total. The first kappa shape index (κ1) is 19.9. The molecule has 0 aliphatic heterocycles. The van der Waals surface area contributed by atoms with Gasteiger partial charge in [-0.3, -0.25) is 9.59 Å². The molecule has 2 rings (SSSR count). The number of nitrogens with one attached hydrogen (secondary N) is 1. The van der Waals surface area contributed by atoms with Crippen LogP contribution in [0.25, 0.3) is 0 Å². The molecular formula is C19H24N2O4S. The van der Waals surface area contributed by atoms with E-state index in [1.807, 2.05) is 6.92 Å². The lowest BCUT2D eigenvalue weighted by molar-refractivity contribution is -0.121. The van der Waals surface area contributed by atoms with Crippen LogP contribution in [0.5, 0.6) is 0 Å². The first-order valence-electron chi connectivity index (χ1n) is 8.57. The van der Waals surface area contributed by atoms with Crippen molar-refractivity contribution in [2.24, 2.45) is 0 Å². The number of carbonyl (C=O) groups is 1. The summed E-state index contributed by atoms with van der Waals surface area (Å²) in [7, 11) is -3.96. The fourth-order valence-electron chi connectivity index (χ4n) is 2.75. The number of nitrogens with zero attached hydrogens (tertiary/aromatic N) is 1. The number of hydrogen-bond donors (Lipinski definition) is 1. The topological polar surface area (TPSA) is 85.2 Å². The minimum absolute atomic E-state index is 0.0583. The van der Waals surface area contributed by atoms with E-state index < -0.39 is 15.4 Å². The summed E-state index contributed by atoms with van der Waals surface area (Å²) in [5.41, 5.74) is 0.251. The molecule has 2 aromatic rings. The highest BCUT2D eigenvalue weighted by Crippen LogP contribution is 2.21. The predicted molar refractivity (Wildman–Crippen MR) is 100.0 cm³/mol. The Morgan fingerprint density at radius 1 is 1.15 bits per heavy atom. The molecule has 0 atom stereocenters. The van der Waals surface area contributed by atoms with Gasteiger partial charge in [0.05, 0.1) is 4.90 Å². The van der Waals surface area contributed by atoms with Gasteiger partial charge in [0.15, 0.2) is 0 Å². The molecule has 1 aromatic heterocycles. The number of aromatic nitrogens is 1. The Labute approximate surface area is 153 Å². The molecule has 1 amide bonds. The second-order valence-electron chi connectivity index (χ2n) is 6.21. The van der Waals surface area contributed by atoms with Crippen molar-refractivity contribution >= 4 is 15.7 Å². The van der Waals surface area contributed by atoms with Crippen LogP contribution in [0, 0.1) is 13.8 Å². The van der Waals surface area contributed by atoms with E-state index in [2.05, 4.69) is 5.32 Å². The van der Waals surface area contributed by atoms with Gasteiger partial charge in [0.25, 0.3) is 5.56 Å². The second-order valence-corrected chi connectivity index (χ2v) is 8.10. The zero-order chi connectivity index (χ0) is 19.3. The summed E-state index contributed by atoms with van der Waals surface area (Å²) in [6.45, 7) is 5.63. The van der Waals surface area contributed by atoms with Crippen LogP contribution in [0.4, 0.5) is 0 Å². The van der Waals surface area contributed by atoms with Crippen molar-refractivity contribution in [1.29, 1.82) is 0 Å². The standard InChI is InChI=1S/C19H24N2O4S/c1-4-5-11-20-17(22)13-21-15(3)12-14(2)18(19(21)23)26(24,25)16-9-7-6-8-10-16/h6-10,12H,4-5,11,13H2,1-3H3,(H,20,22). The van der Waals surface area contributed by atoms with E-state index in [9.17, 15) is 18.0 Å². The first-order chi connectivity index (χ1) is 12.3. The summed E-state index contributed by atoms with van der Waals surface area (Å²) in [6, 6.07) is 9.45. The highest BCUT2D eigenvalue weighted by molar-refractivity contribution is 7.91. The van der Waals surface area contributed by atoms with E-state index >= 15 is 0 Å². The molecule has 0 saturated heterocycles. The van der Waals surface area contributed by atoms with Crippen molar-refractivity contribution in [3.63, 3.8) is 0 Å². The molecule has 7 heteroatoms. The zero-order valence-corrected chi connectivity index (χ0v) is 16.1. The number of unbranched alkanes of at least 4 members (excludes halogenated alkanes) is 1. The molecule has 0 spiro atoms. The fourth-order valence-corrected chi connectivity index (χ4v) is 4.33. The van der Waals surface area contributed by atoms with Gasteiger partial charge in [-0.05, 0) is 44.0 Å². The molecule has 1 aromatic carbocycles. The predicted octanol–water partition coefficient (Wildman–Crippen LogP) is 2.21. The molecule has 0 unspecified atom stereocenters. The van der Waals surface area contributed by atoms with Gasteiger partial charge in [0.2, 0.25) is 15.7 Å².